The molecular weight excluding hydrogens is 335 g/mol. The van der Waals surface area contributed by atoms with E-state index in [4.69, 9.17) is 23.2 Å². The zero-order valence-corrected chi connectivity index (χ0v) is 14.4. The van der Waals surface area contributed by atoms with Crippen LogP contribution >= 0.6 is 23.2 Å². The fourth-order valence-corrected chi connectivity index (χ4v) is 2.13. The summed E-state index contributed by atoms with van der Waals surface area (Å²) in [5.74, 6) is 0.824. The van der Waals surface area contributed by atoms with Crippen molar-refractivity contribution in [3.63, 3.8) is 0 Å². The third-order valence-electron chi connectivity index (χ3n) is 3.10. The molecule has 1 aromatic carbocycles. The topological polar surface area (TPSA) is 66.9 Å². The van der Waals surface area contributed by atoms with Crippen LogP contribution in [0.2, 0.25) is 10.0 Å². The molecule has 0 fully saturated rings. The maximum atomic E-state index is 12.1. The van der Waals surface area contributed by atoms with Crippen molar-refractivity contribution in [2.24, 2.45) is 5.92 Å². The van der Waals surface area contributed by atoms with Crippen molar-refractivity contribution in [2.45, 2.75) is 20.3 Å². The van der Waals surface area contributed by atoms with Gasteiger partial charge in [0.1, 0.15) is 17.8 Å². The number of benzene rings is 1. The molecule has 0 saturated carbocycles. The Kier molecular flexibility index (Phi) is 6.19. The Morgan fingerprint density at radius 3 is 2.65 bits per heavy atom. The van der Waals surface area contributed by atoms with Crippen molar-refractivity contribution >= 4 is 40.6 Å². The molecule has 5 nitrogen and oxygen atoms in total. The minimum Gasteiger partial charge on any atom is -0.351 e. The predicted molar refractivity (Wildman–Crippen MR) is 93.6 cm³/mol. The standard InChI is InChI=1S/C16H18Cl2N4O/c1-10(2)5-6-19-16(23)14-8-15(21-9-20-14)22-11-3-4-12(17)13(18)7-11/h3-4,7-10H,5-6H2,1-2H3,(H,19,23)(H,20,21,22). The zero-order valence-electron chi connectivity index (χ0n) is 12.9. The molecule has 7 heteroatoms. The summed E-state index contributed by atoms with van der Waals surface area (Å²) in [6.45, 7) is 4.84. The summed E-state index contributed by atoms with van der Waals surface area (Å²) in [6.07, 6.45) is 2.27. The van der Waals surface area contributed by atoms with E-state index in [-0.39, 0.29) is 5.91 Å². The second kappa shape index (κ2) is 8.13. The molecule has 122 valence electrons. The third-order valence-corrected chi connectivity index (χ3v) is 3.84. The number of anilines is 2. The number of rotatable bonds is 6. The summed E-state index contributed by atoms with van der Waals surface area (Å²) >= 11 is 11.9. The first kappa shape index (κ1) is 17.5. The van der Waals surface area contributed by atoms with Crippen LogP contribution in [0.25, 0.3) is 0 Å². The lowest BCUT2D eigenvalue weighted by molar-refractivity contribution is 0.0947. The van der Waals surface area contributed by atoms with Gasteiger partial charge in [-0.2, -0.15) is 0 Å². The largest absolute Gasteiger partial charge is 0.351 e. The number of carbonyl (C=O) groups excluding carboxylic acids is 1. The van der Waals surface area contributed by atoms with Crippen LogP contribution in [-0.4, -0.2) is 22.4 Å². The monoisotopic (exact) mass is 352 g/mol. The Balaban J connectivity index is 2.04. The summed E-state index contributed by atoms with van der Waals surface area (Å²) in [4.78, 5) is 20.2. The van der Waals surface area contributed by atoms with Gasteiger partial charge < -0.3 is 10.6 Å². The number of carbonyl (C=O) groups is 1. The van der Waals surface area contributed by atoms with Crippen molar-refractivity contribution in [2.75, 3.05) is 11.9 Å². The van der Waals surface area contributed by atoms with E-state index in [9.17, 15) is 4.79 Å². The molecule has 2 aromatic rings. The van der Waals surface area contributed by atoms with Crippen molar-refractivity contribution in [3.05, 3.63) is 46.3 Å². The molecule has 0 unspecified atom stereocenters. The van der Waals surface area contributed by atoms with E-state index in [1.54, 1.807) is 24.3 Å². The van der Waals surface area contributed by atoms with Gasteiger partial charge in [-0.05, 0) is 30.5 Å². The Bertz CT molecular complexity index is 692. The number of hydrogen-bond acceptors (Lipinski definition) is 4. The highest BCUT2D eigenvalue weighted by atomic mass is 35.5. The Labute approximate surface area is 145 Å². The molecule has 1 heterocycles. The van der Waals surface area contributed by atoms with Crippen LogP contribution in [0, 0.1) is 5.92 Å². The second-order valence-electron chi connectivity index (χ2n) is 5.48. The molecule has 0 aliphatic heterocycles. The summed E-state index contributed by atoms with van der Waals surface area (Å²) in [5.41, 5.74) is 1.04. The first-order valence-electron chi connectivity index (χ1n) is 7.28. The molecule has 0 aliphatic carbocycles. The minimum absolute atomic E-state index is 0.217. The van der Waals surface area contributed by atoms with Gasteiger partial charge in [0.2, 0.25) is 0 Å². The molecule has 0 saturated heterocycles. The molecule has 0 bridgehead atoms. The molecule has 1 amide bonds. The van der Waals surface area contributed by atoms with Crippen molar-refractivity contribution in [1.82, 2.24) is 15.3 Å². The summed E-state index contributed by atoms with van der Waals surface area (Å²) in [6, 6.07) is 6.74. The van der Waals surface area contributed by atoms with E-state index in [0.717, 1.165) is 12.1 Å². The summed E-state index contributed by atoms with van der Waals surface area (Å²) in [7, 11) is 0. The highest BCUT2D eigenvalue weighted by molar-refractivity contribution is 6.42. The number of aromatic nitrogens is 2. The van der Waals surface area contributed by atoms with E-state index in [2.05, 4.69) is 34.4 Å². The van der Waals surface area contributed by atoms with E-state index >= 15 is 0 Å². The van der Waals surface area contributed by atoms with Crippen molar-refractivity contribution in [3.8, 4) is 0 Å². The van der Waals surface area contributed by atoms with Crippen LogP contribution in [0.5, 0.6) is 0 Å². The van der Waals surface area contributed by atoms with Gasteiger partial charge in [-0.25, -0.2) is 9.97 Å². The van der Waals surface area contributed by atoms with Gasteiger partial charge in [0.25, 0.3) is 5.91 Å². The lowest BCUT2D eigenvalue weighted by Crippen LogP contribution is -2.26. The average molecular weight is 353 g/mol. The van der Waals surface area contributed by atoms with Gasteiger partial charge in [0, 0.05) is 18.3 Å². The van der Waals surface area contributed by atoms with E-state index in [1.165, 1.54) is 6.33 Å². The Morgan fingerprint density at radius 2 is 1.96 bits per heavy atom. The highest BCUT2D eigenvalue weighted by Gasteiger charge is 2.09. The van der Waals surface area contributed by atoms with Gasteiger partial charge in [-0.15, -0.1) is 0 Å². The Hall–Kier alpha value is -1.85. The van der Waals surface area contributed by atoms with Gasteiger partial charge in [-0.3, -0.25) is 4.79 Å². The fraction of sp³-hybridized carbons (Fsp3) is 0.312. The number of hydrogen-bond donors (Lipinski definition) is 2. The van der Waals surface area contributed by atoms with E-state index in [0.29, 0.717) is 34.0 Å². The average Bonchev–Trinajstić information content (AvgIpc) is 2.51. The molecule has 0 atom stereocenters. The number of nitrogens with one attached hydrogen (secondary N) is 2. The molecule has 0 aliphatic rings. The quantitative estimate of drug-likeness (QED) is 0.812. The van der Waals surface area contributed by atoms with E-state index < -0.39 is 0 Å². The highest BCUT2D eigenvalue weighted by Crippen LogP contribution is 2.26. The van der Waals surface area contributed by atoms with Crippen molar-refractivity contribution < 1.29 is 4.79 Å². The van der Waals surface area contributed by atoms with Gasteiger partial charge in [-0.1, -0.05) is 37.0 Å². The normalized spacial score (nSPS) is 10.7. The van der Waals surface area contributed by atoms with Crippen LogP contribution < -0.4 is 10.6 Å². The van der Waals surface area contributed by atoms with Crippen molar-refractivity contribution in [1.29, 1.82) is 0 Å². The maximum absolute atomic E-state index is 12.1. The van der Waals surface area contributed by atoms with Crippen LogP contribution in [0.4, 0.5) is 11.5 Å². The minimum atomic E-state index is -0.217. The third kappa shape index (κ3) is 5.37. The van der Waals surface area contributed by atoms with Crippen LogP contribution in [-0.2, 0) is 0 Å². The first-order chi connectivity index (χ1) is 11.0. The van der Waals surface area contributed by atoms with E-state index in [1.807, 2.05) is 0 Å². The molecule has 23 heavy (non-hydrogen) atoms. The molecule has 0 radical (unpaired) electrons. The smallest absolute Gasteiger partial charge is 0.270 e. The van der Waals surface area contributed by atoms with Gasteiger partial charge in [0.05, 0.1) is 10.0 Å². The van der Waals surface area contributed by atoms with Crippen LogP contribution in [0.15, 0.2) is 30.6 Å². The fourth-order valence-electron chi connectivity index (χ4n) is 1.84. The van der Waals surface area contributed by atoms with Gasteiger partial charge >= 0.3 is 0 Å². The SMILES string of the molecule is CC(C)CCNC(=O)c1cc(Nc2ccc(Cl)c(Cl)c2)ncn1. The van der Waals surface area contributed by atoms with Gasteiger partial charge in [0.15, 0.2) is 0 Å². The molecular formula is C16H18Cl2N4O. The molecule has 1 aromatic heterocycles. The second-order valence-corrected chi connectivity index (χ2v) is 6.30. The lowest BCUT2D eigenvalue weighted by Gasteiger charge is -2.09. The molecule has 0 spiro atoms. The number of nitrogens with zero attached hydrogens (tertiary/aromatic N) is 2. The molecule has 2 N–H and O–H groups in total. The summed E-state index contributed by atoms with van der Waals surface area (Å²) < 4.78 is 0. The molecule has 2 rings (SSSR count). The lowest BCUT2D eigenvalue weighted by atomic mass is 10.1. The Morgan fingerprint density at radius 1 is 1.17 bits per heavy atom. The maximum Gasteiger partial charge on any atom is 0.270 e. The number of amides is 1. The summed E-state index contributed by atoms with van der Waals surface area (Å²) in [5, 5.41) is 6.83. The zero-order chi connectivity index (χ0) is 16.8. The van der Waals surface area contributed by atoms with Crippen LogP contribution in [0.1, 0.15) is 30.8 Å². The van der Waals surface area contributed by atoms with Crippen LogP contribution in [0.3, 0.4) is 0 Å². The predicted octanol–water partition coefficient (Wildman–Crippen LogP) is 4.30. The first-order valence-corrected chi connectivity index (χ1v) is 8.03. The number of halogens is 2.